The van der Waals surface area contributed by atoms with Gasteiger partial charge < -0.3 is 10.6 Å². The minimum absolute atomic E-state index is 0.00807. The van der Waals surface area contributed by atoms with Gasteiger partial charge in [-0.25, -0.2) is 4.79 Å². The van der Waals surface area contributed by atoms with E-state index in [-0.39, 0.29) is 17.5 Å². The van der Waals surface area contributed by atoms with Crippen LogP contribution in [-0.4, -0.2) is 28.3 Å². The Bertz CT molecular complexity index is 354. The van der Waals surface area contributed by atoms with Gasteiger partial charge in [-0.3, -0.25) is 0 Å². The van der Waals surface area contributed by atoms with Gasteiger partial charge in [0.15, 0.2) is 0 Å². The lowest BCUT2D eigenvalue weighted by atomic mass is 9.70. The van der Waals surface area contributed by atoms with Crippen LogP contribution in [0.25, 0.3) is 0 Å². The molecule has 2 amide bonds. The molecule has 2 saturated carbocycles. The van der Waals surface area contributed by atoms with E-state index in [4.69, 9.17) is 11.6 Å². The van der Waals surface area contributed by atoms with E-state index in [9.17, 15) is 4.79 Å². The predicted octanol–water partition coefficient (Wildman–Crippen LogP) is 3.40. The normalized spacial score (nSPS) is 46.9. The number of alkyl halides is 2. The van der Waals surface area contributed by atoms with Crippen LogP contribution in [0.5, 0.6) is 0 Å². The molecule has 19 heavy (non-hydrogen) atoms. The third-order valence-corrected chi connectivity index (χ3v) is 6.48. The molecule has 6 atom stereocenters. The first-order valence-corrected chi connectivity index (χ1v) is 8.85. The number of halogens is 2. The average Bonchev–Trinajstić information content (AvgIpc) is 2.39. The average molecular weight is 350 g/mol. The lowest BCUT2D eigenvalue weighted by Crippen LogP contribution is -2.65. The van der Waals surface area contributed by atoms with E-state index in [1.54, 1.807) is 0 Å². The lowest BCUT2D eigenvalue weighted by Gasteiger charge is -2.48. The molecule has 1 heterocycles. The molecule has 1 saturated heterocycles. The first-order valence-electron chi connectivity index (χ1n) is 7.50. The Morgan fingerprint density at radius 2 is 1.84 bits per heavy atom. The van der Waals surface area contributed by atoms with E-state index in [1.165, 1.54) is 12.8 Å². The third kappa shape index (κ3) is 2.90. The first-order chi connectivity index (χ1) is 9.15. The summed E-state index contributed by atoms with van der Waals surface area (Å²) in [5.74, 6) is 0.979. The van der Waals surface area contributed by atoms with Crippen LogP contribution in [-0.2, 0) is 0 Å². The van der Waals surface area contributed by atoms with Gasteiger partial charge in [0.25, 0.3) is 0 Å². The van der Waals surface area contributed by atoms with Gasteiger partial charge in [-0.2, -0.15) is 0 Å². The van der Waals surface area contributed by atoms with Crippen molar-refractivity contribution in [2.45, 2.75) is 67.2 Å². The minimum atomic E-state index is 0.00807. The molecule has 108 valence electrons. The van der Waals surface area contributed by atoms with Crippen LogP contribution in [0, 0.1) is 11.8 Å². The summed E-state index contributed by atoms with van der Waals surface area (Å²) in [7, 11) is 0. The number of fused-ring (bicyclic) bond motifs is 1. The smallest absolute Gasteiger partial charge is 0.315 e. The fourth-order valence-corrected chi connectivity index (χ4v) is 5.27. The van der Waals surface area contributed by atoms with Crippen molar-refractivity contribution in [1.29, 1.82) is 0 Å². The molecule has 0 aromatic rings. The zero-order valence-electron chi connectivity index (χ0n) is 11.1. The molecule has 0 aromatic heterocycles. The molecule has 0 aromatic carbocycles. The largest absolute Gasteiger partial charge is 0.335 e. The minimum Gasteiger partial charge on any atom is -0.335 e. The summed E-state index contributed by atoms with van der Waals surface area (Å²) in [5, 5.41) is 6.52. The highest BCUT2D eigenvalue weighted by Crippen LogP contribution is 2.40. The maximum Gasteiger partial charge on any atom is 0.315 e. The van der Waals surface area contributed by atoms with Crippen molar-refractivity contribution in [1.82, 2.24) is 10.6 Å². The van der Waals surface area contributed by atoms with Crippen molar-refractivity contribution in [3.63, 3.8) is 0 Å². The summed E-state index contributed by atoms with van der Waals surface area (Å²) < 4.78 is 0. The Morgan fingerprint density at radius 1 is 1.05 bits per heavy atom. The Morgan fingerprint density at radius 3 is 2.63 bits per heavy atom. The molecule has 5 heteroatoms. The topological polar surface area (TPSA) is 41.1 Å². The lowest BCUT2D eigenvalue weighted by molar-refractivity contribution is 0.122. The standard InChI is InChI=1S/C14H22BrClN2O/c15-8-5-6-12-10(7-8)13(18-14(19)17-12)9-3-1-2-4-11(9)16/h8-13H,1-7H2,(H2,17,18,19). The van der Waals surface area contributed by atoms with Crippen molar-refractivity contribution >= 4 is 33.6 Å². The Kier molecular flexibility index (Phi) is 4.28. The Hall–Kier alpha value is 0.0400. The molecule has 3 nitrogen and oxygen atoms in total. The molecular formula is C14H22BrClN2O. The van der Waals surface area contributed by atoms with Gasteiger partial charge in [-0.15, -0.1) is 11.6 Å². The van der Waals surface area contributed by atoms with E-state index in [2.05, 4.69) is 26.6 Å². The number of urea groups is 1. The van der Waals surface area contributed by atoms with Gasteiger partial charge in [0, 0.05) is 28.2 Å². The molecule has 0 radical (unpaired) electrons. The van der Waals surface area contributed by atoms with Crippen LogP contribution < -0.4 is 10.6 Å². The van der Waals surface area contributed by atoms with Crippen molar-refractivity contribution in [2.24, 2.45) is 11.8 Å². The number of carbonyl (C=O) groups excluding carboxylic acids is 1. The van der Waals surface area contributed by atoms with E-state index in [0.717, 1.165) is 32.1 Å². The second kappa shape index (κ2) is 5.80. The number of nitrogens with one attached hydrogen (secondary N) is 2. The summed E-state index contributed by atoms with van der Waals surface area (Å²) in [5.41, 5.74) is 0. The van der Waals surface area contributed by atoms with Gasteiger partial charge in [0.05, 0.1) is 0 Å². The number of amides is 2. The second-order valence-electron chi connectivity index (χ2n) is 6.29. The van der Waals surface area contributed by atoms with Gasteiger partial charge in [-0.05, 0) is 38.0 Å². The Labute approximate surface area is 128 Å². The summed E-state index contributed by atoms with van der Waals surface area (Å²) >= 11 is 10.3. The highest BCUT2D eigenvalue weighted by molar-refractivity contribution is 9.09. The molecule has 2 aliphatic carbocycles. The van der Waals surface area contributed by atoms with Crippen LogP contribution >= 0.6 is 27.5 Å². The van der Waals surface area contributed by atoms with Crippen LogP contribution in [0.3, 0.4) is 0 Å². The van der Waals surface area contributed by atoms with Crippen LogP contribution in [0.2, 0.25) is 0 Å². The van der Waals surface area contributed by atoms with Crippen molar-refractivity contribution in [3.8, 4) is 0 Å². The fourth-order valence-electron chi connectivity index (χ4n) is 4.14. The molecule has 3 fully saturated rings. The van der Waals surface area contributed by atoms with E-state index < -0.39 is 0 Å². The molecule has 6 unspecified atom stereocenters. The van der Waals surface area contributed by atoms with Crippen LogP contribution in [0.4, 0.5) is 4.79 Å². The van der Waals surface area contributed by atoms with Crippen LogP contribution in [0.15, 0.2) is 0 Å². The highest BCUT2D eigenvalue weighted by Gasteiger charge is 2.45. The molecule has 3 aliphatic rings. The highest BCUT2D eigenvalue weighted by atomic mass is 79.9. The SMILES string of the molecule is O=C1NC2CCC(Br)CC2C(C2CCCCC2Cl)N1. The number of hydrogen-bond acceptors (Lipinski definition) is 1. The number of rotatable bonds is 1. The zero-order valence-corrected chi connectivity index (χ0v) is 13.4. The van der Waals surface area contributed by atoms with Gasteiger partial charge >= 0.3 is 6.03 Å². The molecule has 0 spiro atoms. The maximum absolute atomic E-state index is 11.9. The van der Waals surface area contributed by atoms with Gasteiger partial charge in [0.2, 0.25) is 0 Å². The summed E-state index contributed by atoms with van der Waals surface area (Å²) in [6.07, 6.45) is 8.13. The molecule has 3 rings (SSSR count). The van der Waals surface area contributed by atoms with E-state index in [1.807, 2.05) is 0 Å². The Balaban J connectivity index is 1.78. The van der Waals surface area contributed by atoms with Crippen LogP contribution in [0.1, 0.15) is 44.9 Å². The number of hydrogen-bond donors (Lipinski definition) is 2. The maximum atomic E-state index is 11.9. The summed E-state index contributed by atoms with van der Waals surface area (Å²) in [6.45, 7) is 0. The second-order valence-corrected chi connectivity index (χ2v) is 8.14. The molecule has 2 N–H and O–H groups in total. The number of carbonyl (C=O) groups is 1. The van der Waals surface area contributed by atoms with E-state index >= 15 is 0 Å². The zero-order chi connectivity index (χ0) is 13.4. The fraction of sp³-hybridized carbons (Fsp3) is 0.929. The first kappa shape index (κ1) is 14.0. The summed E-state index contributed by atoms with van der Waals surface area (Å²) in [6, 6.07) is 0.619. The molecule has 0 bridgehead atoms. The van der Waals surface area contributed by atoms with Crippen molar-refractivity contribution in [2.75, 3.05) is 0 Å². The molecule has 1 aliphatic heterocycles. The van der Waals surface area contributed by atoms with Crippen molar-refractivity contribution < 1.29 is 4.79 Å². The van der Waals surface area contributed by atoms with Gasteiger partial charge in [-0.1, -0.05) is 28.8 Å². The third-order valence-electron chi connectivity index (χ3n) is 5.10. The van der Waals surface area contributed by atoms with Crippen molar-refractivity contribution in [3.05, 3.63) is 0 Å². The van der Waals surface area contributed by atoms with Gasteiger partial charge in [0.1, 0.15) is 0 Å². The quantitative estimate of drug-likeness (QED) is 0.700. The monoisotopic (exact) mass is 348 g/mol. The van der Waals surface area contributed by atoms with E-state index in [0.29, 0.717) is 22.7 Å². The molecular weight excluding hydrogens is 328 g/mol. The summed E-state index contributed by atoms with van der Waals surface area (Å²) in [4.78, 5) is 12.5. The predicted molar refractivity (Wildman–Crippen MR) is 80.9 cm³/mol.